The topological polar surface area (TPSA) is 54.0 Å². The van der Waals surface area contributed by atoms with Gasteiger partial charge in [-0.15, -0.1) is 11.3 Å². The molecular formula is C14H17N3OS. The number of nitrogens with zero attached hydrogens (tertiary/aromatic N) is 1. The van der Waals surface area contributed by atoms with Gasteiger partial charge in [-0.25, -0.2) is 0 Å². The van der Waals surface area contributed by atoms with Crippen LogP contribution >= 0.6 is 11.3 Å². The van der Waals surface area contributed by atoms with Crippen molar-refractivity contribution in [2.75, 3.05) is 6.54 Å². The molecule has 0 aromatic carbocycles. The lowest BCUT2D eigenvalue weighted by Crippen LogP contribution is -2.27. The standard InChI is InChI=1S/C14H17N3OS/c18-14(17-10-12-3-1-6-15-9-12)5-7-16-11-13-4-2-8-19-13/h1-4,6,8-9,16H,5,7,10-11H2,(H,17,18). The largest absolute Gasteiger partial charge is 0.352 e. The van der Waals surface area contributed by atoms with Gasteiger partial charge in [-0.05, 0) is 23.1 Å². The van der Waals surface area contributed by atoms with Gasteiger partial charge in [-0.2, -0.15) is 0 Å². The van der Waals surface area contributed by atoms with Crippen molar-refractivity contribution in [1.29, 1.82) is 0 Å². The minimum absolute atomic E-state index is 0.0579. The molecule has 0 radical (unpaired) electrons. The Kier molecular flexibility index (Phi) is 5.52. The number of carbonyl (C=O) groups is 1. The first-order valence-electron chi connectivity index (χ1n) is 6.23. The Morgan fingerprint density at radius 1 is 1.26 bits per heavy atom. The lowest BCUT2D eigenvalue weighted by molar-refractivity contribution is -0.121. The zero-order valence-corrected chi connectivity index (χ0v) is 11.5. The quantitative estimate of drug-likeness (QED) is 0.759. The Labute approximate surface area is 116 Å². The van der Waals surface area contributed by atoms with E-state index in [2.05, 4.69) is 27.1 Å². The van der Waals surface area contributed by atoms with E-state index in [1.54, 1.807) is 23.7 Å². The fourth-order valence-corrected chi connectivity index (χ4v) is 2.29. The summed E-state index contributed by atoms with van der Waals surface area (Å²) >= 11 is 1.72. The van der Waals surface area contributed by atoms with Gasteiger partial charge in [-0.3, -0.25) is 9.78 Å². The molecule has 4 nitrogen and oxygen atoms in total. The zero-order valence-electron chi connectivity index (χ0n) is 10.6. The van der Waals surface area contributed by atoms with Crippen LogP contribution in [0.1, 0.15) is 16.9 Å². The van der Waals surface area contributed by atoms with Crippen LogP contribution in [0.25, 0.3) is 0 Å². The van der Waals surface area contributed by atoms with Gasteiger partial charge >= 0.3 is 0 Å². The first-order valence-corrected chi connectivity index (χ1v) is 7.11. The Morgan fingerprint density at radius 2 is 2.21 bits per heavy atom. The molecule has 0 atom stereocenters. The van der Waals surface area contributed by atoms with Crippen molar-refractivity contribution < 1.29 is 4.79 Å². The highest BCUT2D eigenvalue weighted by Crippen LogP contribution is 2.07. The van der Waals surface area contributed by atoms with E-state index in [9.17, 15) is 4.79 Å². The van der Waals surface area contributed by atoms with Crippen molar-refractivity contribution in [3.63, 3.8) is 0 Å². The third-order valence-electron chi connectivity index (χ3n) is 2.62. The molecule has 2 rings (SSSR count). The van der Waals surface area contributed by atoms with Crippen molar-refractivity contribution in [3.05, 3.63) is 52.5 Å². The second kappa shape index (κ2) is 7.66. The van der Waals surface area contributed by atoms with E-state index in [1.165, 1.54) is 4.88 Å². The summed E-state index contributed by atoms with van der Waals surface area (Å²) in [5, 5.41) is 8.18. The van der Waals surface area contributed by atoms with Crippen LogP contribution in [0.5, 0.6) is 0 Å². The predicted octanol–water partition coefficient (Wildman–Crippen LogP) is 1.94. The summed E-state index contributed by atoms with van der Waals surface area (Å²) in [6.07, 6.45) is 3.97. The van der Waals surface area contributed by atoms with Crippen molar-refractivity contribution in [1.82, 2.24) is 15.6 Å². The highest BCUT2D eigenvalue weighted by atomic mass is 32.1. The number of hydrogen-bond acceptors (Lipinski definition) is 4. The number of carbonyl (C=O) groups excluding carboxylic acids is 1. The Morgan fingerprint density at radius 3 is 2.95 bits per heavy atom. The Bertz CT molecular complexity index is 485. The number of aromatic nitrogens is 1. The lowest BCUT2D eigenvalue weighted by Gasteiger charge is -2.05. The molecule has 0 aliphatic heterocycles. The van der Waals surface area contributed by atoms with Crippen LogP contribution in [0.4, 0.5) is 0 Å². The van der Waals surface area contributed by atoms with Gasteiger partial charge < -0.3 is 10.6 Å². The number of hydrogen-bond donors (Lipinski definition) is 2. The third-order valence-corrected chi connectivity index (χ3v) is 3.50. The summed E-state index contributed by atoms with van der Waals surface area (Å²) in [7, 11) is 0. The average Bonchev–Trinajstić information content (AvgIpc) is 2.96. The summed E-state index contributed by atoms with van der Waals surface area (Å²) < 4.78 is 0. The van der Waals surface area contributed by atoms with Crippen molar-refractivity contribution in [3.8, 4) is 0 Å². The first-order chi connectivity index (χ1) is 9.34. The molecule has 0 unspecified atom stereocenters. The van der Waals surface area contributed by atoms with Gasteiger partial charge in [0, 0.05) is 43.3 Å². The summed E-state index contributed by atoms with van der Waals surface area (Å²) in [5.41, 5.74) is 1.02. The maximum absolute atomic E-state index is 11.6. The van der Waals surface area contributed by atoms with Gasteiger partial charge in [-0.1, -0.05) is 12.1 Å². The van der Waals surface area contributed by atoms with Crippen LogP contribution in [0.3, 0.4) is 0 Å². The second-order valence-corrected chi connectivity index (χ2v) is 5.18. The first kappa shape index (κ1) is 13.7. The molecule has 2 aromatic heterocycles. The van der Waals surface area contributed by atoms with Crippen molar-refractivity contribution in [2.45, 2.75) is 19.5 Å². The van der Waals surface area contributed by atoms with E-state index < -0.39 is 0 Å². The molecule has 0 aliphatic rings. The summed E-state index contributed by atoms with van der Waals surface area (Å²) in [6, 6.07) is 7.93. The molecule has 2 heterocycles. The molecule has 0 saturated heterocycles. The summed E-state index contributed by atoms with van der Waals surface area (Å²) in [4.78, 5) is 16.9. The molecule has 0 bridgehead atoms. The highest BCUT2D eigenvalue weighted by molar-refractivity contribution is 7.09. The van der Waals surface area contributed by atoms with Crippen LogP contribution < -0.4 is 10.6 Å². The Balaban J connectivity index is 1.57. The fourth-order valence-electron chi connectivity index (χ4n) is 1.62. The van der Waals surface area contributed by atoms with Crippen LogP contribution in [0, 0.1) is 0 Å². The van der Waals surface area contributed by atoms with E-state index in [4.69, 9.17) is 0 Å². The third kappa shape index (κ3) is 5.19. The number of amides is 1. The number of nitrogens with one attached hydrogen (secondary N) is 2. The van der Waals surface area contributed by atoms with Crippen molar-refractivity contribution >= 4 is 17.2 Å². The molecule has 100 valence electrons. The summed E-state index contributed by atoms with van der Waals surface area (Å²) in [6.45, 7) is 2.06. The maximum Gasteiger partial charge on any atom is 0.221 e. The maximum atomic E-state index is 11.6. The van der Waals surface area contributed by atoms with Crippen LogP contribution in [-0.2, 0) is 17.9 Å². The normalized spacial score (nSPS) is 10.3. The molecule has 0 spiro atoms. The molecule has 0 fully saturated rings. The van der Waals surface area contributed by atoms with Gasteiger partial charge in [0.1, 0.15) is 0 Å². The van der Waals surface area contributed by atoms with E-state index in [-0.39, 0.29) is 5.91 Å². The number of rotatable bonds is 7. The second-order valence-electron chi connectivity index (χ2n) is 4.14. The zero-order chi connectivity index (χ0) is 13.3. The van der Waals surface area contributed by atoms with E-state index in [1.807, 2.05) is 18.2 Å². The molecule has 19 heavy (non-hydrogen) atoms. The van der Waals surface area contributed by atoms with Crippen LogP contribution in [-0.4, -0.2) is 17.4 Å². The fraction of sp³-hybridized carbons (Fsp3) is 0.286. The van der Waals surface area contributed by atoms with E-state index >= 15 is 0 Å². The van der Waals surface area contributed by atoms with Crippen molar-refractivity contribution in [2.24, 2.45) is 0 Å². The summed E-state index contributed by atoms with van der Waals surface area (Å²) in [5.74, 6) is 0.0579. The van der Waals surface area contributed by atoms with Crippen LogP contribution in [0.2, 0.25) is 0 Å². The predicted molar refractivity (Wildman–Crippen MR) is 76.7 cm³/mol. The van der Waals surface area contributed by atoms with Gasteiger partial charge in [0.2, 0.25) is 5.91 Å². The van der Waals surface area contributed by atoms with Crippen LogP contribution in [0.15, 0.2) is 42.0 Å². The minimum atomic E-state index is 0.0579. The monoisotopic (exact) mass is 275 g/mol. The molecule has 0 aliphatic carbocycles. The van der Waals surface area contributed by atoms with Gasteiger partial charge in [0.05, 0.1) is 0 Å². The average molecular weight is 275 g/mol. The molecule has 0 saturated carbocycles. The molecule has 2 N–H and O–H groups in total. The van der Waals surface area contributed by atoms with Gasteiger partial charge in [0.25, 0.3) is 0 Å². The molecule has 5 heteroatoms. The van der Waals surface area contributed by atoms with E-state index in [0.717, 1.165) is 12.1 Å². The number of pyridine rings is 1. The highest BCUT2D eigenvalue weighted by Gasteiger charge is 2.01. The molecular weight excluding hydrogens is 258 g/mol. The van der Waals surface area contributed by atoms with Gasteiger partial charge in [0.15, 0.2) is 0 Å². The number of thiophene rings is 1. The molecule has 2 aromatic rings. The lowest BCUT2D eigenvalue weighted by atomic mass is 10.3. The van der Waals surface area contributed by atoms with E-state index in [0.29, 0.717) is 19.5 Å². The minimum Gasteiger partial charge on any atom is -0.352 e. The molecule has 1 amide bonds. The Hall–Kier alpha value is -1.72. The SMILES string of the molecule is O=C(CCNCc1cccs1)NCc1cccnc1. The smallest absolute Gasteiger partial charge is 0.221 e.